The Kier molecular flexibility index (Phi) is 8.54. The van der Waals surface area contributed by atoms with Crippen LogP contribution < -0.4 is 10.6 Å². The van der Waals surface area contributed by atoms with Crippen molar-refractivity contribution in [2.75, 3.05) is 37.4 Å². The first-order valence-corrected chi connectivity index (χ1v) is 12.6. The molecule has 0 spiro atoms. The molecule has 2 atom stereocenters. The van der Waals surface area contributed by atoms with Gasteiger partial charge in [-0.15, -0.1) is 6.42 Å². The molecular weight excluding hydrogens is 528 g/mol. The number of hydrogen-bond donors (Lipinski definition) is 3. The van der Waals surface area contributed by atoms with E-state index in [1.807, 2.05) is 12.1 Å². The van der Waals surface area contributed by atoms with Gasteiger partial charge in [0, 0.05) is 38.9 Å². The molecule has 0 aliphatic carbocycles. The molecule has 4 rings (SSSR count). The van der Waals surface area contributed by atoms with Gasteiger partial charge in [0.15, 0.2) is 11.5 Å². The number of anilines is 2. The van der Waals surface area contributed by atoms with Crippen LogP contribution in [-0.4, -0.2) is 80.2 Å². The fourth-order valence-corrected chi connectivity index (χ4v) is 4.81. The lowest BCUT2D eigenvalue weighted by Gasteiger charge is -2.29. The summed E-state index contributed by atoms with van der Waals surface area (Å²) in [4.78, 5) is 39.1. The predicted octanol–water partition coefficient (Wildman–Crippen LogP) is 2.09. The quantitative estimate of drug-likeness (QED) is 0.170. The Morgan fingerprint density at radius 1 is 1.21 bits per heavy atom. The van der Waals surface area contributed by atoms with Crippen molar-refractivity contribution in [3.8, 4) is 12.3 Å². The largest absolute Gasteiger partial charge is 0.479 e. The smallest absolute Gasteiger partial charge is 0.348 e. The Morgan fingerprint density at radius 3 is 2.46 bits per heavy atom. The van der Waals surface area contributed by atoms with Crippen molar-refractivity contribution in [2.45, 2.75) is 37.5 Å². The van der Waals surface area contributed by atoms with Crippen LogP contribution in [0.15, 0.2) is 30.6 Å². The number of nitrogens with zero attached hydrogens (tertiary/aromatic N) is 5. The molecule has 0 saturated carbocycles. The molecule has 2 unspecified atom stereocenters. The summed E-state index contributed by atoms with van der Waals surface area (Å²) >= 11 is 5.94. The number of rotatable bonds is 12. The van der Waals surface area contributed by atoms with Gasteiger partial charge in [0.1, 0.15) is 5.52 Å². The number of fused-ring (bicyclic) bond motifs is 1. The van der Waals surface area contributed by atoms with E-state index in [4.69, 9.17) is 33.2 Å². The Labute approximate surface area is 229 Å². The van der Waals surface area contributed by atoms with Crippen LogP contribution in [0.25, 0.3) is 11.2 Å². The third-order valence-electron chi connectivity index (χ3n) is 6.87. The molecule has 3 aromatic rings. The molecule has 4 N–H and O–H groups in total. The normalized spacial score (nSPS) is 15.3. The average Bonchev–Trinajstić information content (AvgIpc) is 3.58. The number of halogens is 1. The lowest BCUT2D eigenvalue weighted by Crippen LogP contribution is -2.52. The van der Waals surface area contributed by atoms with Crippen molar-refractivity contribution in [3.63, 3.8) is 0 Å². The molecule has 0 bridgehead atoms. The number of carboxylic acids is 2. The minimum atomic E-state index is -2.55. The summed E-state index contributed by atoms with van der Waals surface area (Å²) in [6.45, 7) is 1.63. The molecule has 2 aromatic heterocycles. The maximum Gasteiger partial charge on any atom is 0.348 e. The number of hydrogen-bond acceptors (Lipinski definition) is 9. The number of nitrogens with two attached hydrogens (primary N) is 1. The van der Waals surface area contributed by atoms with Crippen LogP contribution in [0.4, 0.5) is 11.5 Å². The van der Waals surface area contributed by atoms with Gasteiger partial charge in [0.2, 0.25) is 5.28 Å². The highest BCUT2D eigenvalue weighted by Gasteiger charge is 2.49. The van der Waals surface area contributed by atoms with Crippen molar-refractivity contribution < 1.29 is 29.3 Å². The zero-order valence-corrected chi connectivity index (χ0v) is 22.0. The monoisotopic (exact) mass is 556 g/mol. The molecule has 1 aliphatic heterocycles. The van der Waals surface area contributed by atoms with Crippen LogP contribution in [-0.2, 0) is 32.0 Å². The van der Waals surface area contributed by atoms with E-state index in [1.54, 1.807) is 16.7 Å². The van der Waals surface area contributed by atoms with E-state index in [9.17, 15) is 19.8 Å². The molecule has 1 saturated heterocycles. The summed E-state index contributed by atoms with van der Waals surface area (Å²) in [5.74, 6) is -1.23. The third kappa shape index (κ3) is 5.90. The molecule has 13 heteroatoms. The molecule has 3 heterocycles. The zero-order valence-electron chi connectivity index (χ0n) is 21.3. The van der Waals surface area contributed by atoms with E-state index in [0.717, 1.165) is 31.6 Å². The summed E-state index contributed by atoms with van der Waals surface area (Å²) < 4.78 is 12.8. The van der Waals surface area contributed by atoms with Gasteiger partial charge in [-0.05, 0) is 42.1 Å². The molecule has 12 nitrogen and oxygen atoms in total. The van der Waals surface area contributed by atoms with Gasteiger partial charge < -0.3 is 34.9 Å². The summed E-state index contributed by atoms with van der Waals surface area (Å²) in [6, 6.07) is 7.16. The fraction of sp³-hybridized carbons (Fsp3) is 0.423. The molecular formula is C26H29ClN6O6. The van der Waals surface area contributed by atoms with Crippen molar-refractivity contribution in [3.05, 3.63) is 41.4 Å². The van der Waals surface area contributed by atoms with Crippen molar-refractivity contribution in [1.29, 1.82) is 0 Å². The molecule has 206 valence electrons. The predicted molar refractivity (Wildman–Crippen MR) is 143 cm³/mol. The number of benzene rings is 1. The second kappa shape index (κ2) is 11.9. The number of aromatic nitrogens is 4. The van der Waals surface area contributed by atoms with Crippen molar-refractivity contribution in [2.24, 2.45) is 5.92 Å². The second-order valence-electron chi connectivity index (χ2n) is 9.28. The van der Waals surface area contributed by atoms with Gasteiger partial charge in [0.25, 0.3) is 5.60 Å². The third-order valence-corrected chi connectivity index (χ3v) is 7.04. The van der Waals surface area contributed by atoms with Crippen LogP contribution in [0.3, 0.4) is 0 Å². The van der Waals surface area contributed by atoms with E-state index in [0.29, 0.717) is 16.7 Å². The highest BCUT2D eigenvalue weighted by molar-refractivity contribution is 6.28. The maximum absolute atomic E-state index is 12.3. The van der Waals surface area contributed by atoms with Gasteiger partial charge >= 0.3 is 11.9 Å². The van der Waals surface area contributed by atoms with E-state index < -0.39 is 42.6 Å². The van der Waals surface area contributed by atoms with Gasteiger partial charge in [-0.3, -0.25) is 0 Å². The summed E-state index contributed by atoms with van der Waals surface area (Å²) in [7, 11) is 1.38. The minimum absolute atomic E-state index is 0.0632. The number of nitrogen functional groups attached to an aromatic ring is 1. The van der Waals surface area contributed by atoms with E-state index >= 15 is 0 Å². The molecule has 0 radical (unpaired) electrons. The Balaban J connectivity index is 1.52. The van der Waals surface area contributed by atoms with Crippen LogP contribution in [0.2, 0.25) is 5.28 Å². The number of aliphatic carboxylic acids is 2. The average molecular weight is 557 g/mol. The first-order valence-electron chi connectivity index (χ1n) is 12.3. The highest BCUT2D eigenvalue weighted by atomic mass is 35.5. The number of methoxy groups -OCH3 is 1. The molecule has 1 fully saturated rings. The van der Waals surface area contributed by atoms with Gasteiger partial charge in [0.05, 0.1) is 25.0 Å². The lowest BCUT2D eigenvalue weighted by molar-refractivity contribution is -0.188. The first kappa shape index (κ1) is 28.1. The molecule has 39 heavy (non-hydrogen) atoms. The molecule has 0 amide bonds. The summed E-state index contributed by atoms with van der Waals surface area (Å²) in [6.07, 6.45) is 8.22. The standard InChI is InChI=1S/C26H29ClN6O6/c1-3-17(13-33-15-29-20-21(28)30-25(27)31-22(20)33)19(38-2)14-39-26(23(34)35,24(36)37)12-16-6-8-18(9-7-16)32-10-4-5-11-32/h1,6-9,15,17,19H,4-5,10-14H2,2H3,(H,34,35)(H,36,37)(H2,28,30,31). The fourth-order valence-electron chi connectivity index (χ4n) is 4.64. The number of carbonyl (C=O) groups is 2. The van der Waals surface area contributed by atoms with E-state index in [1.165, 1.54) is 13.4 Å². The number of imidazole rings is 1. The van der Waals surface area contributed by atoms with E-state index in [2.05, 4.69) is 25.8 Å². The van der Waals surface area contributed by atoms with Crippen LogP contribution >= 0.6 is 11.6 Å². The van der Waals surface area contributed by atoms with Crippen molar-refractivity contribution in [1.82, 2.24) is 19.5 Å². The SMILES string of the molecule is C#CC(Cn1cnc2c(N)nc(Cl)nc21)C(COC(Cc1ccc(N2CCCC2)cc1)(C(=O)O)C(=O)O)OC. The molecule has 1 aromatic carbocycles. The van der Waals surface area contributed by atoms with E-state index in [-0.39, 0.29) is 17.6 Å². The van der Waals surface area contributed by atoms with Gasteiger partial charge in [-0.2, -0.15) is 9.97 Å². The maximum atomic E-state index is 12.3. The first-order chi connectivity index (χ1) is 18.7. The van der Waals surface area contributed by atoms with Crippen LogP contribution in [0, 0.1) is 18.3 Å². The highest BCUT2D eigenvalue weighted by Crippen LogP contribution is 2.26. The minimum Gasteiger partial charge on any atom is -0.479 e. The molecule has 1 aliphatic rings. The number of carboxylic acid groups (broad SMARTS) is 2. The van der Waals surface area contributed by atoms with Gasteiger partial charge in [-0.25, -0.2) is 14.6 Å². The van der Waals surface area contributed by atoms with Crippen LogP contribution in [0.5, 0.6) is 0 Å². The second-order valence-corrected chi connectivity index (χ2v) is 9.62. The van der Waals surface area contributed by atoms with Crippen molar-refractivity contribution >= 4 is 46.2 Å². The zero-order chi connectivity index (χ0) is 28.2. The Hall–Kier alpha value is -3.92. The topological polar surface area (TPSA) is 166 Å². The van der Waals surface area contributed by atoms with Crippen LogP contribution in [0.1, 0.15) is 18.4 Å². The number of ether oxygens (including phenoxy) is 2. The van der Waals surface area contributed by atoms with Gasteiger partial charge in [-0.1, -0.05) is 18.1 Å². The lowest BCUT2D eigenvalue weighted by atomic mass is 9.93. The Bertz CT molecular complexity index is 1370. The summed E-state index contributed by atoms with van der Waals surface area (Å²) in [5.41, 5.74) is 5.51. The number of terminal acetylenes is 1. The summed E-state index contributed by atoms with van der Waals surface area (Å²) in [5, 5.41) is 19.9. The Morgan fingerprint density at radius 2 is 1.87 bits per heavy atom.